The summed E-state index contributed by atoms with van der Waals surface area (Å²) in [4.78, 5) is 0. The van der Waals surface area contributed by atoms with E-state index in [-0.39, 0.29) is 0 Å². The molecule has 0 spiro atoms. The molecule has 7 aromatic carbocycles. The van der Waals surface area contributed by atoms with E-state index in [1.54, 1.807) is 0 Å². The van der Waals surface area contributed by atoms with Crippen LogP contribution in [0.25, 0.3) is 86.3 Å². The average Bonchev–Trinajstić information content (AvgIpc) is 3.76. The highest BCUT2D eigenvalue weighted by atomic mass is 32.1. The minimum Gasteiger partial charge on any atom is -0.399 e. The topological polar surface area (TPSA) is 35.9 Å². The molecule has 216 valence electrons. The summed E-state index contributed by atoms with van der Waals surface area (Å²) in [6, 6.07) is 54.5. The Bertz CT molecular complexity index is 2760. The van der Waals surface area contributed by atoms with E-state index in [2.05, 4.69) is 155 Å². The van der Waals surface area contributed by atoms with Crippen LogP contribution in [0.1, 0.15) is 0 Å². The van der Waals surface area contributed by atoms with Gasteiger partial charge in [-0.15, -0.1) is 11.3 Å². The van der Waals surface area contributed by atoms with E-state index in [1.165, 1.54) is 80.6 Å². The second kappa shape index (κ2) is 9.58. The molecule has 10 aromatic rings. The first-order valence-electron chi connectivity index (χ1n) is 15.6. The number of nitrogens with zero attached hydrogens (tertiary/aromatic N) is 2. The maximum absolute atomic E-state index is 6.53. The highest BCUT2D eigenvalue weighted by Gasteiger charge is 2.21. The van der Waals surface area contributed by atoms with Gasteiger partial charge in [0.1, 0.15) is 0 Å². The van der Waals surface area contributed by atoms with Gasteiger partial charge >= 0.3 is 0 Å². The standard InChI is InChI=1S/C42H27N3S/c43-26-21-22-30(39(25-26)45-35-18-7-4-13-28(35)29-14-5-8-19-36(29)45)31-16-10-17-32-33-23-24-38-40(42(33)46-41(31)32)34-15-6-9-20-37(34)44(38)27-11-2-1-3-12-27/h1-25H,43H2. The summed E-state index contributed by atoms with van der Waals surface area (Å²) in [5.74, 6) is 0. The molecule has 0 bridgehead atoms. The molecule has 4 heteroatoms. The third-order valence-corrected chi connectivity index (χ3v) is 10.7. The lowest BCUT2D eigenvalue weighted by Gasteiger charge is -2.15. The molecule has 0 fully saturated rings. The number of thiophene rings is 1. The number of hydrogen-bond donors (Lipinski definition) is 1. The smallest absolute Gasteiger partial charge is 0.0561 e. The van der Waals surface area contributed by atoms with Crippen LogP contribution in [0.15, 0.2) is 152 Å². The van der Waals surface area contributed by atoms with Crippen LogP contribution in [0.5, 0.6) is 0 Å². The first kappa shape index (κ1) is 25.5. The third-order valence-electron chi connectivity index (χ3n) is 9.45. The van der Waals surface area contributed by atoms with Gasteiger partial charge in [0.05, 0.1) is 27.8 Å². The van der Waals surface area contributed by atoms with E-state index in [0.29, 0.717) is 0 Å². The summed E-state index contributed by atoms with van der Waals surface area (Å²) >= 11 is 1.90. The highest BCUT2D eigenvalue weighted by molar-refractivity contribution is 7.27. The molecule has 3 nitrogen and oxygen atoms in total. The van der Waals surface area contributed by atoms with Crippen LogP contribution in [-0.4, -0.2) is 9.13 Å². The summed E-state index contributed by atoms with van der Waals surface area (Å²) in [7, 11) is 0. The highest BCUT2D eigenvalue weighted by Crippen LogP contribution is 2.47. The molecule has 2 N–H and O–H groups in total. The largest absolute Gasteiger partial charge is 0.399 e. The van der Waals surface area contributed by atoms with E-state index in [9.17, 15) is 0 Å². The van der Waals surface area contributed by atoms with Gasteiger partial charge in [0, 0.05) is 64.2 Å². The minimum absolute atomic E-state index is 0.750. The van der Waals surface area contributed by atoms with Gasteiger partial charge in [-0.1, -0.05) is 103 Å². The SMILES string of the molecule is Nc1ccc(-c2cccc3c2sc2c3ccc3c2c2ccccc2n3-c2ccccc2)c(-n2c3ccccc3c3ccccc32)c1. The van der Waals surface area contributed by atoms with Gasteiger partial charge in [-0.05, 0) is 48.5 Å². The first-order chi connectivity index (χ1) is 22.8. The molecule has 0 atom stereocenters. The van der Waals surface area contributed by atoms with Crippen LogP contribution >= 0.6 is 11.3 Å². The summed E-state index contributed by atoms with van der Waals surface area (Å²) in [5.41, 5.74) is 16.7. The summed E-state index contributed by atoms with van der Waals surface area (Å²) in [6.07, 6.45) is 0. The first-order valence-corrected chi connectivity index (χ1v) is 16.4. The van der Waals surface area contributed by atoms with E-state index in [1.807, 2.05) is 17.4 Å². The van der Waals surface area contributed by atoms with Crippen molar-refractivity contribution in [3.8, 4) is 22.5 Å². The molecule has 0 aliphatic rings. The van der Waals surface area contributed by atoms with Crippen molar-refractivity contribution in [2.75, 3.05) is 5.73 Å². The monoisotopic (exact) mass is 605 g/mol. The van der Waals surface area contributed by atoms with Crippen molar-refractivity contribution in [2.45, 2.75) is 0 Å². The molecule has 46 heavy (non-hydrogen) atoms. The lowest BCUT2D eigenvalue weighted by Crippen LogP contribution is -1.99. The van der Waals surface area contributed by atoms with Crippen molar-refractivity contribution < 1.29 is 0 Å². The van der Waals surface area contributed by atoms with Crippen molar-refractivity contribution in [1.82, 2.24) is 9.13 Å². The second-order valence-corrected chi connectivity index (χ2v) is 13.0. The normalized spacial score (nSPS) is 12.0. The van der Waals surface area contributed by atoms with Gasteiger partial charge < -0.3 is 14.9 Å². The Morgan fingerprint density at radius 3 is 1.76 bits per heavy atom. The number of nitrogen functional groups attached to an aromatic ring is 1. The second-order valence-electron chi connectivity index (χ2n) is 12.0. The van der Waals surface area contributed by atoms with Crippen molar-refractivity contribution in [3.63, 3.8) is 0 Å². The van der Waals surface area contributed by atoms with Crippen LogP contribution in [0.2, 0.25) is 0 Å². The number of benzene rings is 7. The predicted molar refractivity (Wildman–Crippen MR) is 198 cm³/mol. The van der Waals surface area contributed by atoms with E-state index < -0.39 is 0 Å². The Kier molecular flexibility index (Phi) is 5.31. The fourth-order valence-corrected chi connectivity index (χ4v) is 8.90. The van der Waals surface area contributed by atoms with Gasteiger partial charge in [0.15, 0.2) is 0 Å². The molecule has 3 aromatic heterocycles. The molecule has 0 amide bonds. The molecule has 0 aliphatic carbocycles. The van der Waals surface area contributed by atoms with E-state index >= 15 is 0 Å². The Morgan fingerprint density at radius 1 is 0.413 bits per heavy atom. The maximum Gasteiger partial charge on any atom is 0.0561 e. The summed E-state index contributed by atoms with van der Waals surface area (Å²) < 4.78 is 7.39. The van der Waals surface area contributed by atoms with Gasteiger partial charge in [0.2, 0.25) is 0 Å². The van der Waals surface area contributed by atoms with Gasteiger partial charge in [-0.3, -0.25) is 0 Å². The van der Waals surface area contributed by atoms with Crippen LogP contribution in [0.4, 0.5) is 5.69 Å². The van der Waals surface area contributed by atoms with Crippen LogP contribution < -0.4 is 5.73 Å². The molecular formula is C42H27N3S. The zero-order valence-corrected chi connectivity index (χ0v) is 25.6. The minimum atomic E-state index is 0.750. The van der Waals surface area contributed by atoms with Crippen molar-refractivity contribution in [2.24, 2.45) is 0 Å². The summed E-state index contributed by atoms with van der Waals surface area (Å²) in [5, 5.41) is 7.63. The van der Waals surface area contributed by atoms with Gasteiger partial charge in [-0.25, -0.2) is 0 Å². The van der Waals surface area contributed by atoms with Crippen LogP contribution in [0, 0.1) is 0 Å². The van der Waals surface area contributed by atoms with Gasteiger partial charge in [0.25, 0.3) is 0 Å². The number of hydrogen-bond acceptors (Lipinski definition) is 2. The average molecular weight is 606 g/mol. The Balaban J connectivity index is 1.30. The predicted octanol–water partition coefficient (Wildman–Crippen LogP) is 11.5. The lowest BCUT2D eigenvalue weighted by atomic mass is 9.99. The third kappa shape index (κ3) is 3.47. The Morgan fingerprint density at radius 2 is 1.02 bits per heavy atom. The molecular weight excluding hydrogens is 579 g/mol. The quantitative estimate of drug-likeness (QED) is 0.200. The maximum atomic E-state index is 6.53. The van der Waals surface area contributed by atoms with Gasteiger partial charge in [-0.2, -0.15) is 0 Å². The van der Waals surface area contributed by atoms with Crippen LogP contribution in [-0.2, 0) is 0 Å². The molecule has 0 aliphatic heterocycles. The molecule has 0 radical (unpaired) electrons. The number of nitrogens with two attached hydrogens (primary N) is 1. The number of anilines is 1. The molecule has 0 saturated carbocycles. The molecule has 0 unspecified atom stereocenters. The van der Waals surface area contributed by atoms with Crippen molar-refractivity contribution in [1.29, 1.82) is 0 Å². The van der Waals surface area contributed by atoms with E-state index in [4.69, 9.17) is 5.73 Å². The number of rotatable bonds is 3. The van der Waals surface area contributed by atoms with E-state index in [0.717, 1.165) is 11.4 Å². The zero-order valence-electron chi connectivity index (χ0n) is 24.8. The number of fused-ring (bicyclic) bond motifs is 10. The van der Waals surface area contributed by atoms with Crippen LogP contribution in [0.3, 0.4) is 0 Å². The fourth-order valence-electron chi connectivity index (χ4n) is 7.52. The fraction of sp³-hybridized carbons (Fsp3) is 0. The lowest BCUT2D eigenvalue weighted by molar-refractivity contribution is 1.18. The number of aromatic nitrogens is 2. The molecule has 10 rings (SSSR count). The zero-order chi connectivity index (χ0) is 30.4. The van der Waals surface area contributed by atoms with Crippen molar-refractivity contribution >= 4 is 80.8 Å². The summed E-state index contributed by atoms with van der Waals surface area (Å²) in [6.45, 7) is 0. The molecule has 0 saturated heterocycles. The number of para-hydroxylation sites is 4. The Hall–Kier alpha value is -5.84. The Labute approximate surface area is 269 Å². The molecule has 3 heterocycles. The van der Waals surface area contributed by atoms with Crippen molar-refractivity contribution in [3.05, 3.63) is 152 Å².